The van der Waals surface area contributed by atoms with Crippen molar-refractivity contribution < 1.29 is 0 Å². The fourth-order valence-corrected chi connectivity index (χ4v) is 3.22. The highest BCUT2D eigenvalue weighted by atomic mass is 127. The Labute approximate surface area is 130 Å². The molecule has 0 rings (SSSR count). The molecule has 0 amide bonds. The van der Waals surface area contributed by atoms with E-state index in [1.165, 1.54) is 87.9 Å². The van der Waals surface area contributed by atoms with Crippen LogP contribution < -0.4 is 0 Å². The smallest absolute Gasteiger partial charge is 0.000473 e. The summed E-state index contributed by atoms with van der Waals surface area (Å²) in [7, 11) is 0. The van der Waals surface area contributed by atoms with Crippen LogP contribution in [0.15, 0.2) is 0 Å². The third-order valence-corrected chi connectivity index (χ3v) is 4.69. The van der Waals surface area contributed by atoms with Crippen LogP contribution in [0.2, 0.25) is 0 Å². The monoisotopic (exact) mass is 366 g/mol. The Kier molecular flexibility index (Phi) is 16.4. The molecule has 0 aliphatic rings. The summed E-state index contributed by atoms with van der Waals surface area (Å²) in [6, 6.07) is 0. The molecule has 1 heteroatoms. The van der Waals surface area contributed by atoms with Crippen LogP contribution in [0.1, 0.15) is 97.3 Å². The minimum Gasteiger partial charge on any atom is -0.0864 e. The van der Waals surface area contributed by atoms with E-state index >= 15 is 0 Å². The van der Waals surface area contributed by atoms with Gasteiger partial charge in [0.15, 0.2) is 0 Å². The molecule has 0 nitrogen and oxygen atoms in total. The van der Waals surface area contributed by atoms with Crippen LogP contribution in [0.5, 0.6) is 0 Å². The first-order valence-corrected chi connectivity index (χ1v) is 9.93. The fourth-order valence-electron chi connectivity index (χ4n) is 2.68. The van der Waals surface area contributed by atoms with Crippen LogP contribution in [-0.2, 0) is 0 Å². The number of hydrogen-bond acceptors (Lipinski definition) is 0. The maximum atomic E-state index is 2.51. The standard InChI is InChI=1S/C17H35I/c1-3-5-7-8-10-14-17(13-9-6-4-2)15-11-12-16-18/h17H,3-16H2,1-2H3. The summed E-state index contributed by atoms with van der Waals surface area (Å²) >= 11 is 2.51. The molecule has 0 radical (unpaired) electrons. The minimum atomic E-state index is 1.04. The first-order chi connectivity index (χ1) is 8.85. The summed E-state index contributed by atoms with van der Waals surface area (Å²) in [5, 5.41) is 0. The van der Waals surface area contributed by atoms with Gasteiger partial charge in [-0.15, -0.1) is 0 Å². The highest BCUT2D eigenvalue weighted by Crippen LogP contribution is 2.23. The van der Waals surface area contributed by atoms with Gasteiger partial charge < -0.3 is 0 Å². The molecule has 0 saturated carbocycles. The van der Waals surface area contributed by atoms with E-state index in [0.29, 0.717) is 0 Å². The fraction of sp³-hybridized carbons (Fsp3) is 1.00. The molecule has 0 aromatic heterocycles. The van der Waals surface area contributed by atoms with E-state index in [4.69, 9.17) is 0 Å². The molecule has 0 N–H and O–H groups in total. The van der Waals surface area contributed by atoms with Crippen molar-refractivity contribution in [2.75, 3.05) is 4.43 Å². The van der Waals surface area contributed by atoms with Crippen molar-refractivity contribution in [2.24, 2.45) is 5.92 Å². The molecule has 1 unspecified atom stereocenters. The lowest BCUT2D eigenvalue weighted by Crippen LogP contribution is -2.01. The maximum Gasteiger partial charge on any atom is -0.000473 e. The Hall–Kier alpha value is 0.730. The number of rotatable bonds is 14. The van der Waals surface area contributed by atoms with Crippen molar-refractivity contribution in [2.45, 2.75) is 97.3 Å². The van der Waals surface area contributed by atoms with Gasteiger partial charge in [0.05, 0.1) is 0 Å². The summed E-state index contributed by atoms with van der Waals surface area (Å²) in [5.41, 5.74) is 0. The van der Waals surface area contributed by atoms with Crippen LogP contribution in [0.3, 0.4) is 0 Å². The lowest BCUT2D eigenvalue weighted by Gasteiger charge is -2.16. The zero-order valence-corrected chi connectivity index (χ0v) is 15.0. The van der Waals surface area contributed by atoms with E-state index in [9.17, 15) is 0 Å². The normalized spacial score (nSPS) is 12.8. The minimum absolute atomic E-state index is 1.04. The summed E-state index contributed by atoms with van der Waals surface area (Å²) in [6.07, 6.45) is 18.9. The van der Waals surface area contributed by atoms with Crippen molar-refractivity contribution in [3.63, 3.8) is 0 Å². The molecule has 0 saturated heterocycles. The molecular formula is C17H35I. The van der Waals surface area contributed by atoms with E-state index < -0.39 is 0 Å². The first kappa shape index (κ1) is 18.7. The van der Waals surface area contributed by atoms with Gasteiger partial charge in [0.1, 0.15) is 0 Å². The average molecular weight is 366 g/mol. The topological polar surface area (TPSA) is 0 Å². The second-order valence-electron chi connectivity index (χ2n) is 5.75. The van der Waals surface area contributed by atoms with Crippen LogP contribution in [-0.4, -0.2) is 4.43 Å². The van der Waals surface area contributed by atoms with Gasteiger partial charge in [0.2, 0.25) is 0 Å². The molecule has 0 spiro atoms. The largest absolute Gasteiger partial charge is 0.0864 e. The highest BCUT2D eigenvalue weighted by molar-refractivity contribution is 14.1. The van der Waals surface area contributed by atoms with Crippen molar-refractivity contribution in [3.8, 4) is 0 Å². The molecular weight excluding hydrogens is 331 g/mol. The van der Waals surface area contributed by atoms with Gasteiger partial charge in [-0.2, -0.15) is 0 Å². The molecule has 110 valence electrons. The molecule has 0 fully saturated rings. The summed E-state index contributed by atoms with van der Waals surface area (Å²) in [5.74, 6) is 1.04. The third kappa shape index (κ3) is 13.2. The average Bonchev–Trinajstić information content (AvgIpc) is 2.38. The molecule has 0 aliphatic heterocycles. The quantitative estimate of drug-likeness (QED) is 0.174. The van der Waals surface area contributed by atoms with Crippen LogP contribution >= 0.6 is 22.6 Å². The van der Waals surface area contributed by atoms with Crippen molar-refractivity contribution in [1.82, 2.24) is 0 Å². The van der Waals surface area contributed by atoms with Gasteiger partial charge in [0.25, 0.3) is 0 Å². The predicted molar refractivity (Wildman–Crippen MR) is 93.7 cm³/mol. The van der Waals surface area contributed by atoms with Gasteiger partial charge >= 0.3 is 0 Å². The lowest BCUT2D eigenvalue weighted by atomic mass is 9.90. The van der Waals surface area contributed by atoms with E-state index in [1.54, 1.807) is 0 Å². The van der Waals surface area contributed by atoms with Gasteiger partial charge in [-0.1, -0.05) is 113 Å². The lowest BCUT2D eigenvalue weighted by molar-refractivity contribution is 0.374. The number of halogens is 1. The SMILES string of the molecule is CCCCCCCC(CCCCC)CCCCI. The second kappa shape index (κ2) is 15.8. The van der Waals surface area contributed by atoms with Crippen LogP contribution in [0.4, 0.5) is 0 Å². The second-order valence-corrected chi connectivity index (χ2v) is 6.83. The van der Waals surface area contributed by atoms with E-state index in [-0.39, 0.29) is 0 Å². The van der Waals surface area contributed by atoms with Gasteiger partial charge in [-0.3, -0.25) is 0 Å². The van der Waals surface area contributed by atoms with Crippen molar-refractivity contribution in [1.29, 1.82) is 0 Å². The van der Waals surface area contributed by atoms with Gasteiger partial charge in [-0.25, -0.2) is 0 Å². The van der Waals surface area contributed by atoms with E-state index in [2.05, 4.69) is 36.4 Å². The Balaban J connectivity index is 3.60. The van der Waals surface area contributed by atoms with Crippen molar-refractivity contribution >= 4 is 22.6 Å². The summed E-state index contributed by atoms with van der Waals surface area (Å²) < 4.78 is 1.34. The van der Waals surface area contributed by atoms with Crippen LogP contribution in [0, 0.1) is 5.92 Å². The molecule has 18 heavy (non-hydrogen) atoms. The number of alkyl halides is 1. The molecule has 0 aromatic carbocycles. The molecule has 0 bridgehead atoms. The molecule has 0 heterocycles. The van der Waals surface area contributed by atoms with Gasteiger partial charge in [-0.05, 0) is 16.8 Å². The number of unbranched alkanes of at least 4 members (excludes halogenated alkanes) is 7. The van der Waals surface area contributed by atoms with Gasteiger partial charge in [0, 0.05) is 0 Å². The zero-order valence-electron chi connectivity index (χ0n) is 12.9. The summed E-state index contributed by atoms with van der Waals surface area (Å²) in [6.45, 7) is 4.62. The summed E-state index contributed by atoms with van der Waals surface area (Å²) in [4.78, 5) is 0. The predicted octanol–water partition coefficient (Wildman–Crippen LogP) is 7.15. The maximum absolute atomic E-state index is 2.51. The molecule has 0 aliphatic carbocycles. The number of hydrogen-bond donors (Lipinski definition) is 0. The third-order valence-electron chi connectivity index (χ3n) is 3.93. The Bertz CT molecular complexity index is 135. The Morgan fingerprint density at radius 2 is 1.06 bits per heavy atom. The molecule has 0 aromatic rings. The molecule has 1 atom stereocenters. The van der Waals surface area contributed by atoms with Crippen molar-refractivity contribution in [3.05, 3.63) is 0 Å². The Morgan fingerprint density at radius 1 is 0.611 bits per heavy atom. The van der Waals surface area contributed by atoms with Crippen LogP contribution in [0.25, 0.3) is 0 Å². The highest BCUT2D eigenvalue weighted by Gasteiger charge is 2.08. The van der Waals surface area contributed by atoms with E-state index in [0.717, 1.165) is 5.92 Å². The van der Waals surface area contributed by atoms with E-state index in [1.807, 2.05) is 0 Å². The Morgan fingerprint density at radius 3 is 1.61 bits per heavy atom. The zero-order chi connectivity index (χ0) is 13.5. The first-order valence-electron chi connectivity index (χ1n) is 8.41.